The Hall–Kier alpha value is -2.50. The Morgan fingerprint density at radius 2 is 2.04 bits per heavy atom. The first-order valence-corrected chi connectivity index (χ1v) is 8.37. The van der Waals surface area contributed by atoms with Gasteiger partial charge in [0.05, 0.1) is 16.7 Å². The van der Waals surface area contributed by atoms with Crippen molar-refractivity contribution in [3.63, 3.8) is 0 Å². The number of rotatable bonds is 5. The van der Waals surface area contributed by atoms with Crippen LogP contribution in [0.3, 0.4) is 0 Å². The van der Waals surface area contributed by atoms with Crippen LogP contribution >= 0.6 is 0 Å². The molecule has 1 aliphatic carbocycles. The number of hydrogen-bond acceptors (Lipinski definition) is 6. The maximum absolute atomic E-state index is 12.6. The molecule has 1 N–H and O–H groups in total. The molecular weight excluding hydrogens is 320 g/mol. The molecule has 0 spiro atoms. The van der Waals surface area contributed by atoms with E-state index in [1.807, 2.05) is 6.07 Å². The fourth-order valence-corrected chi connectivity index (χ4v) is 4.28. The van der Waals surface area contributed by atoms with Crippen molar-refractivity contribution in [3.05, 3.63) is 58.7 Å². The van der Waals surface area contributed by atoms with Gasteiger partial charge in [-0.3, -0.25) is 10.1 Å². The number of nitriles is 1. The van der Waals surface area contributed by atoms with Crippen molar-refractivity contribution in [2.75, 3.05) is 5.75 Å². The summed E-state index contributed by atoms with van der Waals surface area (Å²) < 4.78 is 25.2. The lowest BCUT2D eigenvalue weighted by Gasteiger charge is -2.32. The molecular formula is C15H14N2O5S. The number of nitrogens with zero attached hydrogens (tertiary/aromatic N) is 2. The third kappa shape index (κ3) is 3.47. The van der Waals surface area contributed by atoms with Crippen LogP contribution in [0.1, 0.15) is 6.42 Å². The number of sulfone groups is 1. The predicted molar refractivity (Wildman–Crippen MR) is 82.1 cm³/mol. The zero-order chi connectivity index (χ0) is 17.1. The third-order valence-electron chi connectivity index (χ3n) is 3.61. The summed E-state index contributed by atoms with van der Waals surface area (Å²) >= 11 is 0. The molecule has 0 aliphatic heterocycles. The standard InChI is InChI=1S/C15H14N2O5S/c16-10-8-12-5-3-4-9-15(12,18)11-23(21,22)14-7-2-1-6-13(14)17(19)20/h1-7,9,12,18H,8,11H2. The van der Waals surface area contributed by atoms with Crippen LogP contribution in [-0.2, 0) is 9.84 Å². The molecule has 23 heavy (non-hydrogen) atoms. The summed E-state index contributed by atoms with van der Waals surface area (Å²) in [5.41, 5.74) is -2.32. The van der Waals surface area contributed by atoms with Gasteiger partial charge in [0.1, 0.15) is 10.5 Å². The maximum Gasteiger partial charge on any atom is 0.287 e. The highest BCUT2D eigenvalue weighted by Gasteiger charge is 2.40. The number of allylic oxidation sites excluding steroid dienone is 2. The highest BCUT2D eigenvalue weighted by Crippen LogP contribution is 2.33. The molecule has 2 rings (SSSR count). The van der Waals surface area contributed by atoms with Crippen molar-refractivity contribution in [1.82, 2.24) is 0 Å². The molecule has 2 unspecified atom stereocenters. The van der Waals surface area contributed by atoms with Crippen LogP contribution in [-0.4, -0.2) is 29.8 Å². The second-order valence-corrected chi connectivity index (χ2v) is 7.15. The van der Waals surface area contributed by atoms with Gasteiger partial charge in [-0.2, -0.15) is 5.26 Å². The number of hydrogen-bond donors (Lipinski definition) is 1. The summed E-state index contributed by atoms with van der Waals surface area (Å²) in [6.45, 7) is 0. The quantitative estimate of drug-likeness (QED) is 0.647. The van der Waals surface area contributed by atoms with Gasteiger partial charge < -0.3 is 5.11 Å². The Bertz CT molecular complexity index is 823. The van der Waals surface area contributed by atoms with Crippen LogP contribution in [0.2, 0.25) is 0 Å². The number of nitro groups is 1. The number of benzene rings is 1. The fourth-order valence-electron chi connectivity index (χ4n) is 2.46. The van der Waals surface area contributed by atoms with Crippen LogP contribution in [0.4, 0.5) is 5.69 Å². The van der Waals surface area contributed by atoms with Crippen LogP contribution in [0, 0.1) is 27.4 Å². The predicted octanol–water partition coefficient (Wildman–Crippen LogP) is 1.76. The Kier molecular flexibility index (Phi) is 4.63. The molecule has 7 nitrogen and oxygen atoms in total. The maximum atomic E-state index is 12.6. The first-order chi connectivity index (χ1) is 10.8. The summed E-state index contributed by atoms with van der Waals surface area (Å²) in [6.07, 6.45) is 5.90. The molecule has 1 aromatic rings. The normalized spacial score (nSPS) is 23.4. The summed E-state index contributed by atoms with van der Waals surface area (Å²) in [6, 6.07) is 6.89. The van der Waals surface area contributed by atoms with E-state index < -0.39 is 42.6 Å². The van der Waals surface area contributed by atoms with Crippen molar-refractivity contribution in [1.29, 1.82) is 5.26 Å². The molecule has 1 aromatic carbocycles. The molecule has 0 radical (unpaired) electrons. The lowest BCUT2D eigenvalue weighted by molar-refractivity contribution is -0.387. The zero-order valence-electron chi connectivity index (χ0n) is 12.0. The molecule has 0 aromatic heterocycles. The highest BCUT2D eigenvalue weighted by atomic mass is 32.2. The highest BCUT2D eigenvalue weighted by molar-refractivity contribution is 7.91. The van der Waals surface area contributed by atoms with E-state index in [2.05, 4.69) is 0 Å². The number of aliphatic hydroxyl groups is 1. The largest absolute Gasteiger partial charge is 0.384 e. The number of nitro benzene ring substituents is 1. The Morgan fingerprint density at radius 3 is 2.70 bits per heavy atom. The van der Waals surface area contributed by atoms with E-state index >= 15 is 0 Å². The minimum atomic E-state index is -4.13. The van der Waals surface area contributed by atoms with Gasteiger partial charge in [0.25, 0.3) is 5.69 Å². The zero-order valence-corrected chi connectivity index (χ0v) is 12.8. The fraction of sp³-hybridized carbons (Fsp3) is 0.267. The van der Waals surface area contributed by atoms with Crippen LogP contribution in [0.25, 0.3) is 0 Å². The smallest absolute Gasteiger partial charge is 0.287 e. The van der Waals surface area contributed by atoms with E-state index in [-0.39, 0.29) is 6.42 Å². The molecule has 0 fully saturated rings. The van der Waals surface area contributed by atoms with Gasteiger partial charge in [-0.1, -0.05) is 36.4 Å². The average molecular weight is 334 g/mol. The van der Waals surface area contributed by atoms with Crippen LogP contribution in [0.5, 0.6) is 0 Å². The van der Waals surface area contributed by atoms with Crippen molar-refractivity contribution < 1.29 is 18.4 Å². The molecule has 8 heteroatoms. The van der Waals surface area contributed by atoms with E-state index in [9.17, 15) is 23.6 Å². The first-order valence-electron chi connectivity index (χ1n) is 6.72. The summed E-state index contributed by atoms with van der Waals surface area (Å²) in [5, 5.41) is 30.5. The van der Waals surface area contributed by atoms with Crippen molar-refractivity contribution >= 4 is 15.5 Å². The monoisotopic (exact) mass is 334 g/mol. The van der Waals surface area contributed by atoms with E-state index in [0.29, 0.717) is 0 Å². The van der Waals surface area contributed by atoms with Gasteiger partial charge in [0.2, 0.25) is 0 Å². The molecule has 2 atom stereocenters. The summed E-state index contributed by atoms with van der Waals surface area (Å²) in [7, 11) is -4.13. The van der Waals surface area contributed by atoms with Gasteiger partial charge >= 0.3 is 0 Å². The molecule has 1 aliphatic rings. The van der Waals surface area contributed by atoms with E-state index in [1.165, 1.54) is 24.3 Å². The van der Waals surface area contributed by atoms with E-state index in [0.717, 1.165) is 12.1 Å². The van der Waals surface area contributed by atoms with Crippen molar-refractivity contribution in [3.8, 4) is 6.07 Å². The summed E-state index contributed by atoms with van der Waals surface area (Å²) in [5.74, 6) is -1.44. The van der Waals surface area contributed by atoms with Gasteiger partial charge in [-0.25, -0.2) is 8.42 Å². The second kappa shape index (κ2) is 6.32. The molecule has 0 heterocycles. The van der Waals surface area contributed by atoms with Crippen molar-refractivity contribution in [2.45, 2.75) is 16.9 Å². The summed E-state index contributed by atoms with van der Waals surface area (Å²) in [4.78, 5) is 9.79. The molecule has 120 valence electrons. The second-order valence-electron chi connectivity index (χ2n) is 5.19. The van der Waals surface area contributed by atoms with E-state index in [4.69, 9.17) is 5.26 Å². The Morgan fingerprint density at radius 1 is 1.35 bits per heavy atom. The Labute approximate surface area is 133 Å². The Balaban J connectivity index is 2.42. The average Bonchev–Trinajstić information content (AvgIpc) is 2.49. The van der Waals surface area contributed by atoms with Gasteiger partial charge in [-0.05, 0) is 6.07 Å². The van der Waals surface area contributed by atoms with Crippen LogP contribution < -0.4 is 0 Å². The molecule has 0 saturated heterocycles. The first kappa shape index (κ1) is 16.9. The lowest BCUT2D eigenvalue weighted by atomic mass is 9.83. The third-order valence-corrected chi connectivity index (χ3v) is 5.47. The molecule has 0 amide bonds. The number of para-hydroxylation sites is 1. The van der Waals surface area contributed by atoms with Crippen molar-refractivity contribution in [2.24, 2.45) is 5.92 Å². The van der Waals surface area contributed by atoms with Gasteiger partial charge in [0, 0.05) is 18.4 Å². The molecule has 0 saturated carbocycles. The SMILES string of the molecule is N#CCC1C=CC=CC1(O)CS(=O)(=O)c1ccccc1[N+](=O)[O-]. The van der Waals surface area contributed by atoms with Crippen LogP contribution in [0.15, 0.2) is 53.5 Å². The minimum Gasteiger partial charge on any atom is -0.384 e. The van der Waals surface area contributed by atoms with E-state index in [1.54, 1.807) is 12.2 Å². The molecule has 0 bridgehead atoms. The minimum absolute atomic E-state index is 0.0657. The lowest BCUT2D eigenvalue weighted by Crippen LogP contribution is -2.42. The van der Waals surface area contributed by atoms with Gasteiger partial charge in [-0.15, -0.1) is 0 Å². The van der Waals surface area contributed by atoms with Gasteiger partial charge in [0.15, 0.2) is 9.84 Å². The topological polar surface area (TPSA) is 121 Å².